The summed E-state index contributed by atoms with van der Waals surface area (Å²) < 4.78 is 5.32. The average molecular weight is 309 g/mol. The van der Waals surface area contributed by atoms with Crippen molar-refractivity contribution in [1.82, 2.24) is 4.98 Å². The molecule has 0 unspecified atom stereocenters. The SMILES string of the molecule is O=C(O)c1cccc(COc2cc(Cl)ccc2[N+](=O)[O-])n1. The first-order valence-electron chi connectivity index (χ1n) is 5.73. The fourth-order valence-electron chi connectivity index (χ4n) is 1.59. The Bertz CT molecular complexity index is 705. The molecule has 108 valence electrons. The molecule has 2 aromatic rings. The Labute approximate surface area is 123 Å². The molecule has 1 N–H and O–H groups in total. The molecule has 0 saturated carbocycles. The van der Waals surface area contributed by atoms with Crippen LogP contribution in [0.1, 0.15) is 16.2 Å². The molecule has 2 rings (SSSR count). The van der Waals surface area contributed by atoms with Gasteiger partial charge in [-0.3, -0.25) is 10.1 Å². The summed E-state index contributed by atoms with van der Waals surface area (Å²) in [6.45, 7) is -0.109. The quantitative estimate of drug-likeness (QED) is 0.673. The summed E-state index contributed by atoms with van der Waals surface area (Å²) in [6.07, 6.45) is 0. The van der Waals surface area contributed by atoms with Crippen LogP contribution in [0.2, 0.25) is 5.02 Å². The Kier molecular flexibility index (Phi) is 4.34. The van der Waals surface area contributed by atoms with Crippen LogP contribution in [0.3, 0.4) is 0 Å². The lowest BCUT2D eigenvalue weighted by Crippen LogP contribution is -2.05. The number of nitro groups is 1. The van der Waals surface area contributed by atoms with E-state index in [-0.39, 0.29) is 23.7 Å². The van der Waals surface area contributed by atoms with E-state index in [4.69, 9.17) is 21.4 Å². The van der Waals surface area contributed by atoms with Crippen molar-refractivity contribution in [1.29, 1.82) is 0 Å². The number of nitrogens with zero attached hydrogens (tertiary/aromatic N) is 2. The number of rotatable bonds is 5. The van der Waals surface area contributed by atoms with E-state index >= 15 is 0 Å². The minimum Gasteiger partial charge on any atom is -0.480 e. The molecule has 21 heavy (non-hydrogen) atoms. The molecule has 0 spiro atoms. The van der Waals surface area contributed by atoms with Gasteiger partial charge in [0.25, 0.3) is 0 Å². The Balaban J connectivity index is 2.20. The average Bonchev–Trinajstić information content (AvgIpc) is 2.45. The number of hydrogen-bond acceptors (Lipinski definition) is 5. The van der Waals surface area contributed by atoms with Gasteiger partial charge in [0.15, 0.2) is 5.75 Å². The van der Waals surface area contributed by atoms with Crippen LogP contribution in [0.15, 0.2) is 36.4 Å². The maximum Gasteiger partial charge on any atom is 0.354 e. The smallest absolute Gasteiger partial charge is 0.354 e. The van der Waals surface area contributed by atoms with E-state index in [2.05, 4.69) is 4.98 Å². The second-order valence-corrected chi connectivity index (χ2v) is 4.41. The van der Waals surface area contributed by atoms with Crippen LogP contribution in [-0.2, 0) is 6.61 Å². The summed E-state index contributed by atoms with van der Waals surface area (Å²) in [5.74, 6) is -1.17. The molecule has 0 bridgehead atoms. The number of carboxylic acid groups (broad SMARTS) is 1. The van der Waals surface area contributed by atoms with E-state index in [1.807, 2.05) is 0 Å². The maximum absolute atomic E-state index is 10.9. The van der Waals surface area contributed by atoms with Crippen molar-refractivity contribution in [3.8, 4) is 5.75 Å². The third-order valence-electron chi connectivity index (χ3n) is 2.52. The molecule has 8 heteroatoms. The predicted molar refractivity (Wildman–Crippen MR) is 73.6 cm³/mol. The standard InChI is InChI=1S/C13H9ClN2O5/c14-8-4-5-11(16(19)20)12(6-8)21-7-9-2-1-3-10(15-9)13(17)18/h1-6H,7H2,(H,17,18). The van der Waals surface area contributed by atoms with Crippen LogP contribution in [0.25, 0.3) is 0 Å². The fraction of sp³-hybridized carbons (Fsp3) is 0.0769. The molecule has 1 heterocycles. The molecule has 0 aliphatic rings. The predicted octanol–water partition coefficient (Wildman–Crippen LogP) is 2.92. The van der Waals surface area contributed by atoms with Crippen molar-refractivity contribution in [2.45, 2.75) is 6.61 Å². The second-order valence-electron chi connectivity index (χ2n) is 3.98. The number of pyridine rings is 1. The van der Waals surface area contributed by atoms with Gasteiger partial charge in [-0.05, 0) is 18.2 Å². The van der Waals surface area contributed by atoms with Crippen molar-refractivity contribution in [3.63, 3.8) is 0 Å². The lowest BCUT2D eigenvalue weighted by Gasteiger charge is -2.07. The Morgan fingerprint density at radius 3 is 2.81 bits per heavy atom. The number of aromatic carboxylic acids is 1. The molecule has 0 atom stereocenters. The monoisotopic (exact) mass is 308 g/mol. The highest BCUT2D eigenvalue weighted by Crippen LogP contribution is 2.30. The van der Waals surface area contributed by atoms with E-state index in [1.54, 1.807) is 6.07 Å². The van der Waals surface area contributed by atoms with Gasteiger partial charge in [0.1, 0.15) is 12.3 Å². The van der Waals surface area contributed by atoms with Gasteiger partial charge in [-0.1, -0.05) is 17.7 Å². The highest BCUT2D eigenvalue weighted by atomic mass is 35.5. The molecule has 1 aromatic carbocycles. The van der Waals surface area contributed by atoms with E-state index in [0.29, 0.717) is 10.7 Å². The fourth-order valence-corrected chi connectivity index (χ4v) is 1.75. The summed E-state index contributed by atoms with van der Waals surface area (Å²) in [5, 5.41) is 20.0. The first-order valence-corrected chi connectivity index (χ1v) is 6.11. The molecule has 0 aliphatic carbocycles. The lowest BCUT2D eigenvalue weighted by molar-refractivity contribution is -0.385. The molecular formula is C13H9ClN2O5. The third kappa shape index (κ3) is 3.67. The van der Waals surface area contributed by atoms with E-state index < -0.39 is 10.9 Å². The van der Waals surface area contributed by atoms with E-state index in [0.717, 1.165) is 0 Å². The van der Waals surface area contributed by atoms with Gasteiger partial charge in [0.2, 0.25) is 0 Å². The van der Waals surface area contributed by atoms with E-state index in [9.17, 15) is 14.9 Å². The number of ether oxygens (including phenoxy) is 1. The van der Waals surface area contributed by atoms with Crippen LogP contribution in [0, 0.1) is 10.1 Å². The van der Waals surface area contributed by atoms with Crippen molar-refractivity contribution in [2.75, 3.05) is 0 Å². The number of carboxylic acids is 1. The van der Waals surface area contributed by atoms with Gasteiger partial charge in [-0.15, -0.1) is 0 Å². The minimum atomic E-state index is -1.16. The number of nitro benzene ring substituents is 1. The number of carbonyl (C=O) groups is 1. The Morgan fingerprint density at radius 2 is 2.14 bits per heavy atom. The largest absolute Gasteiger partial charge is 0.480 e. The zero-order valence-corrected chi connectivity index (χ0v) is 11.3. The molecule has 0 saturated heterocycles. The van der Waals surface area contributed by atoms with Gasteiger partial charge in [-0.2, -0.15) is 0 Å². The van der Waals surface area contributed by atoms with Gasteiger partial charge in [0.05, 0.1) is 10.6 Å². The molecule has 0 amide bonds. The lowest BCUT2D eigenvalue weighted by atomic mass is 10.3. The van der Waals surface area contributed by atoms with Crippen LogP contribution in [-0.4, -0.2) is 21.0 Å². The number of aromatic nitrogens is 1. The van der Waals surface area contributed by atoms with Crippen LogP contribution in [0.4, 0.5) is 5.69 Å². The summed E-state index contributed by atoms with van der Waals surface area (Å²) in [4.78, 5) is 24.9. The van der Waals surface area contributed by atoms with Gasteiger partial charge >= 0.3 is 11.7 Å². The van der Waals surface area contributed by atoms with Crippen molar-refractivity contribution < 1.29 is 19.6 Å². The third-order valence-corrected chi connectivity index (χ3v) is 2.76. The molecule has 0 radical (unpaired) electrons. The highest BCUT2D eigenvalue weighted by Gasteiger charge is 2.16. The van der Waals surface area contributed by atoms with Gasteiger partial charge in [0, 0.05) is 17.2 Å². The first-order chi connectivity index (χ1) is 9.97. The van der Waals surface area contributed by atoms with Crippen molar-refractivity contribution in [3.05, 3.63) is 62.9 Å². The molecule has 7 nitrogen and oxygen atoms in total. The normalized spacial score (nSPS) is 10.1. The van der Waals surface area contributed by atoms with Crippen molar-refractivity contribution >= 4 is 23.3 Å². The Hall–Kier alpha value is -2.67. The molecule has 1 aromatic heterocycles. The number of hydrogen-bond donors (Lipinski definition) is 1. The van der Waals surface area contributed by atoms with Gasteiger partial charge in [-0.25, -0.2) is 9.78 Å². The Morgan fingerprint density at radius 1 is 1.38 bits per heavy atom. The topological polar surface area (TPSA) is 103 Å². The highest BCUT2D eigenvalue weighted by molar-refractivity contribution is 6.30. The zero-order valence-electron chi connectivity index (χ0n) is 10.5. The van der Waals surface area contributed by atoms with Crippen LogP contribution in [0.5, 0.6) is 5.75 Å². The molecular weight excluding hydrogens is 300 g/mol. The molecule has 0 aliphatic heterocycles. The molecule has 0 fully saturated rings. The zero-order chi connectivity index (χ0) is 15.4. The second kappa shape index (κ2) is 6.19. The maximum atomic E-state index is 10.9. The van der Waals surface area contributed by atoms with Gasteiger partial charge < -0.3 is 9.84 Å². The number of benzene rings is 1. The van der Waals surface area contributed by atoms with Crippen LogP contribution < -0.4 is 4.74 Å². The summed E-state index contributed by atoms with van der Waals surface area (Å²) >= 11 is 5.77. The first kappa shape index (κ1) is 14.7. The summed E-state index contributed by atoms with van der Waals surface area (Å²) in [5.41, 5.74) is -0.0188. The van der Waals surface area contributed by atoms with E-state index in [1.165, 1.54) is 30.3 Å². The minimum absolute atomic E-state index is 0.00460. The van der Waals surface area contributed by atoms with Crippen molar-refractivity contribution in [2.24, 2.45) is 0 Å². The summed E-state index contributed by atoms with van der Waals surface area (Å²) in [6, 6.07) is 8.35. The van der Waals surface area contributed by atoms with Crippen LogP contribution >= 0.6 is 11.6 Å². The number of halogens is 1. The summed E-state index contributed by atoms with van der Waals surface area (Å²) in [7, 11) is 0.